The average molecular weight is 559 g/mol. The van der Waals surface area contributed by atoms with Gasteiger partial charge in [0.1, 0.15) is 11.8 Å². The maximum absolute atomic E-state index is 13.3. The third kappa shape index (κ3) is 8.57. The molecular formula is C25H33Cl2N3O5S. The molecule has 0 radical (unpaired) electrons. The topological polar surface area (TPSA) is 96.0 Å². The monoisotopic (exact) mass is 557 g/mol. The number of sulfonamides is 1. The summed E-state index contributed by atoms with van der Waals surface area (Å²) in [5, 5.41) is 3.68. The van der Waals surface area contributed by atoms with Gasteiger partial charge in [0.05, 0.1) is 19.1 Å². The van der Waals surface area contributed by atoms with E-state index in [2.05, 4.69) is 5.32 Å². The molecule has 1 atom stereocenters. The van der Waals surface area contributed by atoms with E-state index in [-0.39, 0.29) is 37.7 Å². The summed E-state index contributed by atoms with van der Waals surface area (Å²) in [6.45, 7) is 4.30. The Morgan fingerprint density at radius 2 is 1.86 bits per heavy atom. The number of nitrogens with one attached hydrogen (secondary N) is 1. The number of hydrogen-bond donors (Lipinski definition) is 1. The van der Waals surface area contributed by atoms with Gasteiger partial charge in [-0.3, -0.25) is 13.9 Å². The van der Waals surface area contributed by atoms with E-state index < -0.39 is 16.1 Å². The van der Waals surface area contributed by atoms with Gasteiger partial charge in [0.2, 0.25) is 21.8 Å². The van der Waals surface area contributed by atoms with Crippen molar-refractivity contribution in [3.8, 4) is 5.75 Å². The minimum Gasteiger partial charge on any atom is -0.497 e. The molecule has 36 heavy (non-hydrogen) atoms. The number of benzene rings is 2. The van der Waals surface area contributed by atoms with E-state index in [9.17, 15) is 18.0 Å². The first-order valence-corrected chi connectivity index (χ1v) is 14.2. The minimum absolute atomic E-state index is 0.0343. The summed E-state index contributed by atoms with van der Waals surface area (Å²) in [6, 6.07) is 10.9. The summed E-state index contributed by atoms with van der Waals surface area (Å²) >= 11 is 12.3. The molecule has 2 amide bonds. The van der Waals surface area contributed by atoms with Crippen molar-refractivity contribution in [1.29, 1.82) is 0 Å². The maximum atomic E-state index is 13.3. The van der Waals surface area contributed by atoms with Gasteiger partial charge in [-0.2, -0.15) is 0 Å². The number of hydrogen-bond acceptors (Lipinski definition) is 5. The van der Waals surface area contributed by atoms with Crippen molar-refractivity contribution in [3.05, 3.63) is 58.1 Å². The Balaban J connectivity index is 2.20. The van der Waals surface area contributed by atoms with Crippen molar-refractivity contribution >= 4 is 50.7 Å². The van der Waals surface area contributed by atoms with Gasteiger partial charge in [0.25, 0.3) is 0 Å². The second-order valence-corrected chi connectivity index (χ2v) is 11.1. The fraction of sp³-hybridized carbons (Fsp3) is 0.440. The molecule has 2 rings (SSSR count). The van der Waals surface area contributed by atoms with E-state index in [1.807, 2.05) is 6.92 Å². The molecule has 198 valence electrons. The van der Waals surface area contributed by atoms with Crippen LogP contribution in [0.25, 0.3) is 0 Å². The Bertz CT molecular complexity index is 1160. The molecule has 2 aromatic rings. The normalized spacial score (nSPS) is 12.1. The van der Waals surface area contributed by atoms with E-state index in [0.29, 0.717) is 33.6 Å². The molecule has 8 nitrogen and oxygen atoms in total. The number of rotatable bonds is 13. The number of carbonyl (C=O) groups excluding carboxylic acids is 2. The lowest BCUT2D eigenvalue weighted by molar-refractivity contribution is -0.140. The van der Waals surface area contributed by atoms with Crippen LogP contribution in [-0.2, 0) is 26.2 Å². The largest absolute Gasteiger partial charge is 0.497 e. The van der Waals surface area contributed by atoms with Crippen LogP contribution in [0.4, 0.5) is 5.69 Å². The van der Waals surface area contributed by atoms with Crippen molar-refractivity contribution < 1.29 is 22.7 Å². The van der Waals surface area contributed by atoms with Gasteiger partial charge in [-0.05, 0) is 49.6 Å². The van der Waals surface area contributed by atoms with Crippen molar-refractivity contribution in [1.82, 2.24) is 10.2 Å². The summed E-state index contributed by atoms with van der Waals surface area (Å²) in [7, 11) is -2.10. The van der Waals surface area contributed by atoms with Crippen LogP contribution in [0.2, 0.25) is 10.0 Å². The second-order valence-electron chi connectivity index (χ2n) is 8.36. The number of carbonyl (C=O) groups is 2. The number of ether oxygens (including phenoxy) is 1. The third-order valence-electron chi connectivity index (χ3n) is 5.57. The first-order chi connectivity index (χ1) is 17.0. The zero-order valence-electron chi connectivity index (χ0n) is 21.0. The van der Waals surface area contributed by atoms with Crippen LogP contribution in [0.1, 0.15) is 38.7 Å². The van der Waals surface area contributed by atoms with E-state index in [1.165, 1.54) is 16.3 Å². The van der Waals surface area contributed by atoms with Crippen LogP contribution in [0, 0.1) is 0 Å². The summed E-state index contributed by atoms with van der Waals surface area (Å²) < 4.78 is 31.4. The van der Waals surface area contributed by atoms with Gasteiger partial charge in [-0.15, -0.1) is 0 Å². The lowest BCUT2D eigenvalue weighted by Gasteiger charge is -2.29. The minimum atomic E-state index is -3.60. The summed E-state index contributed by atoms with van der Waals surface area (Å²) in [5.74, 6) is -0.0427. The van der Waals surface area contributed by atoms with Gasteiger partial charge in [0, 0.05) is 42.2 Å². The van der Waals surface area contributed by atoms with Crippen LogP contribution in [-0.4, -0.2) is 57.6 Å². The number of methoxy groups -OCH3 is 1. The van der Waals surface area contributed by atoms with Crippen LogP contribution < -0.4 is 14.4 Å². The van der Waals surface area contributed by atoms with Gasteiger partial charge in [0.15, 0.2) is 0 Å². The zero-order valence-corrected chi connectivity index (χ0v) is 23.3. The fourth-order valence-electron chi connectivity index (χ4n) is 3.58. The van der Waals surface area contributed by atoms with Gasteiger partial charge < -0.3 is 15.0 Å². The molecule has 0 saturated heterocycles. The molecule has 0 aromatic heterocycles. The van der Waals surface area contributed by atoms with E-state index in [4.69, 9.17) is 27.9 Å². The molecule has 0 heterocycles. The van der Waals surface area contributed by atoms with Crippen molar-refractivity contribution in [2.24, 2.45) is 0 Å². The molecule has 11 heteroatoms. The molecule has 0 unspecified atom stereocenters. The molecule has 0 aliphatic heterocycles. The van der Waals surface area contributed by atoms with E-state index in [1.54, 1.807) is 49.4 Å². The van der Waals surface area contributed by atoms with Crippen LogP contribution in [0.15, 0.2) is 42.5 Å². The number of nitrogens with zero attached hydrogens (tertiary/aromatic N) is 2. The first kappa shape index (κ1) is 29.7. The molecule has 0 saturated carbocycles. The second kappa shape index (κ2) is 13.7. The lowest BCUT2D eigenvalue weighted by atomic mass is 10.1. The summed E-state index contributed by atoms with van der Waals surface area (Å²) in [6.07, 6.45) is 2.16. The predicted octanol–water partition coefficient (Wildman–Crippen LogP) is 4.49. The highest BCUT2D eigenvalue weighted by Gasteiger charge is 2.27. The highest BCUT2D eigenvalue weighted by molar-refractivity contribution is 7.92. The standard InChI is InChI=1S/C25H33Cl2N3O5S/c1-5-13-28-25(32)18(2)29(17-19-11-12-20(26)15-23(19)27)24(31)10-7-14-30(36(4,33)34)21-8-6-9-22(16-21)35-3/h6,8-9,11-12,15-16,18H,5,7,10,13-14,17H2,1-4H3,(H,28,32)/t18-/m0/s1. The van der Waals surface area contributed by atoms with Gasteiger partial charge >= 0.3 is 0 Å². The Labute approximate surface area is 223 Å². The molecule has 0 aliphatic rings. The molecular weight excluding hydrogens is 525 g/mol. The number of anilines is 1. The van der Waals surface area contributed by atoms with Crippen molar-refractivity contribution in [3.63, 3.8) is 0 Å². The summed E-state index contributed by atoms with van der Waals surface area (Å²) in [4.78, 5) is 27.4. The van der Waals surface area contributed by atoms with Crippen LogP contribution >= 0.6 is 23.2 Å². The number of halogens is 2. The Morgan fingerprint density at radius 3 is 2.47 bits per heavy atom. The molecule has 0 fully saturated rings. The average Bonchev–Trinajstić information content (AvgIpc) is 2.83. The van der Waals surface area contributed by atoms with E-state index in [0.717, 1.165) is 12.7 Å². The molecule has 1 N–H and O–H groups in total. The molecule has 0 bridgehead atoms. The molecule has 2 aromatic carbocycles. The fourth-order valence-corrected chi connectivity index (χ4v) is 5.01. The van der Waals surface area contributed by atoms with Gasteiger partial charge in [-0.1, -0.05) is 42.3 Å². The SMILES string of the molecule is CCCNC(=O)[C@H](C)N(Cc1ccc(Cl)cc1Cl)C(=O)CCCN(c1cccc(OC)c1)S(C)(=O)=O. The smallest absolute Gasteiger partial charge is 0.242 e. The third-order valence-corrected chi connectivity index (χ3v) is 7.35. The predicted molar refractivity (Wildman–Crippen MR) is 144 cm³/mol. The lowest BCUT2D eigenvalue weighted by Crippen LogP contribution is -2.48. The highest BCUT2D eigenvalue weighted by Crippen LogP contribution is 2.25. The van der Waals surface area contributed by atoms with Crippen molar-refractivity contribution in [2.45, 2.75) is 45.7 Å². The zero-order chi connectivity index (χ0) is 26.9. The first-order valence-electron chi connectivity index (χ1n) is 11.6. The highest BCUT2D eigenvalue weighted by atomic mass is 35.5. The van der Waals surface area contributed by atoms with Gasteiger partial charge in [-0.25, -0.2) is 8.42 Å². The number of amides is 2. The Kier molecular flexibility index (Phi) is 11.3. The van der Waals surface area contributed by atoms with Crippen LogP contribution in [0.5, 0.6) is 5.75 Å². The van der Waals surface area contributed by atoms with Crippen molar-refractivity contribution in [2.75, 3.05) is 30.8 Å². The molecule has 0 spiro atoms. The Morgan fingerprint density at radius 1 is 1.14 bits per heavy atom. The molecule has 0 aliphatic carbocycles. The van der Waals surface area contributed by atoms with E-state index >= 15 is 0 Å². The summed E-state index contributed by atoms with van der Waals surface area (Å²) in [5.41, 5.74) is 1.10. The Hall–Kier alpha value is -2.49. The maximum Gasteiger partial charge on any atom is 0.242 e. The van der Waals surface area contributed by atoms with Crippen LogP contribution in [0.3, 0.4) is 0 Å². The quantitative estimate of drug-likeness (QED) is 0.391.